The second-order valence-electron chi connectivity index (χ2n) is 3.54. The lowest BCUT2D eigenvalue weighted by molar-refractivity contribution is 0.0995. The van der Waals surface area contributed by atoms with E-state index in [1.165, 1.54) is 6.20 Å². The standard InChI is InChI=1S/C12H12N4O/c13-8-2-1-3-9(6-8)16-10-4-5-15-11(7-10)12(14)17/h1-7H,13H2,(H2,14,17)(H,15,16). The Morgan fingerprint density at radius 1 is 1.18 bits per heavy atom. The number of hydrogen-bond acceptors (Lipinski definition) is 4. The largest absolute Gasteiger partial charge is 0.399 e. The van der Waals surface area contributed by atoms with Crippen molar-refractivity contribution in [2.75, 3.05) is 11.1 Å². The summed E-state index contributed by atoms with van der Waals surface area (Å²) in [7, 11) is 0. The second kappa shape index (κ2) is 4.52. The average Bonchev–Trinajstić information content (AvgIpc) is 2.29. The number of amides is 1. The Hall–Kier alpha value is -2.56. The molecule has 0 aliphatic carbocycles. The molecule has 0 fully saturated rings. The van der Waals surface area contributed by atoms with Gasteiger partial charge in [0.15, 0.2) is 0 Å². The number of rotatable bonds is 3. The van der Waals surface area contributed by atoms with E-state index in [4.69, 9.17) is 11.5 Å². The molecule has 0 aliphatic rings. The highest BCUT2D eigenvalue weighted by Gasteiger charge is 2.03. The zero-order valence-electron chi connectivity index (χ0n) is 9.05. The number of benzene rings is 1. The molecule has 0 radical (unpaired) electrons. The van der Waals surface area contributed by atoms with Crippen molar-refractivity contribution in [2.45, 2.75) is 0 Å². The Morgan fingerprint density at radius 3 is 2.65 bits per heavy atom. The first-order valence-corrected chi connectivity index (χ1v) is 5.03. The summed E-state index contributed by atoms with van der Waals surface area (Å²) in [6.07, 6.45) is 1.52. The van der Waals surface area contributed by atoms with E-state index in [1.807, 2.05) is 12.1 Å². The molecule has 86 valence electrons. The summed E-state index contributed by atoms with van der Waals surface area (Å²) in [5.74, 6) is -0.554. The zero-order chi connectivity index (χ0) is 12.3. The fourth-order valence-electron chi connectivity index (χ4n) is 1.43. The van der Waals surface area contributed by atoms with Crippen molar-refractivity contribution in [1.29, 1.82) is 0 Å². The van der Waals surface area contributed by atoms with Gasteiger partial charge in [-0.05, 0) is 30.3 Å². The van der Waals surface area contributed by atoms with E-state index >= 15 is 0 Å². The number of nitrogens with zero attached hydrogens (tertiary/aromatic N) is 1. The number of nitrogens with two attached hydrogens (primary N) is 2. The van der Waals surface area contributed by atoms with Gasteiger partial charge in [-0.1, -0.05) is 6.07 Å². The molecule has 5 heteroatoms. The van der Waals surface area contributed by atoms with Crippen LogP contribution in [-0.4, -0.2) is 10.9 Å². The van der Waals surface area contributed by atoms with Crippen LogP contribution in [0.2, 0.25) is 0 Å². The van der Waals surface area contributed by atoms with Gasteiger partial charge in [0.1, 0.15) is 5.69 Å². The fraction of sp³-hybridized carbons (Fsp3) is 0. The zero-order valence-corrected chi connectivity index (χ0v) is 9.05. The van der Waals surface area contributed by atoms with Gasteiger partial charge in [-0.3, -0.25) is 9.78 Å². The summed E-state index contributed by atoms with van der Waals surface area (Å²) in [5, 5.41) is 3.11. The maximum absolute atomic E-state index is 11.0. The van der Waals surface area contributed by atoms with Crippen molar-refractivity contribution >= 4 is 23.0 Å². The maximum atomic E-state index is 11.0. The van der Waals surface area contributed by atoms with Crippen molar-refractivity contribution in [3.05, 3.63) is 48.3 Å². The normalized spacial score (nSPS) is 9.88. The molecule has 1 aromatic carbocycles. The molecule has 0 saturated carbocycles. The summed E-state index contributed by atoms with van der Waals surface area (Å²) in [4.78, 5) is 14.8. The lowest BCUT2D eigenvalue weighted by Crippen LogP contribution is -2.12. The van der Waals surface area contributed by atoms with Crippen LogP contribution in [0.5, 0.6) is 0 Å². The first-order chi connectivity index (χ1) is 8.15. The predicted molar refractivity (Wildman–Crippen MR) is 66.9 cm³/mol. The number of pyridine rings is 1. The van der Waals surface area contributed by atoms with Gasteiger partial charge in [0.25, 0.3) is 5.91 Å². The number of carbonyl (C=O) groups is 1. The third-order valence-corrected chi connectivity index (χ3v) is 2.19. The minimum absolute atomic E-state index is 0.221. The van der Waals surface area contributed by atoms with E-state index in [-0.39, 0.29) is 5.69 Å². The third kappa shape index (κ3) is 2.72. The van der Waals surface area contributed by atoms with Gasteiger partial charge >= 0.3 is 0 Å². The first kappa shape index (κ1) is 10.9. The van der Waals surface area contributed by atoms with Crippen molar-refractivity contribution in [3.63, 3.8) is 0 Å². The summed E-state index contributed by atoms with van der Waals surface area (Å²) in [6.45, 7) is 0. The van der Waals surface area contributed by atoms with Gasteiger partial charge in [-0.2, -0.15) is 0 Å². The highest BCUT2D eigenvalue weighted by Crippen LogP contribution is 2.18. The molecule has 0 atom stereocenters. The Balaban J connectivity index is 2.24. The van der Waals surface area contributed by atoms with E-state index in [0.29, 0.717) is 5.69 Å². The molecule has 1 heterocycles. The molecule has 5 N–H and O–H groups in total. The van der Waals surface area contributed by atoms with E-state index in [2.05, 4.69) is 10.3 Å². The van der Waals surface area contributed by atoms with Crippen LogP contribution in [0.1, 0.15) is 10.5 Å². The number of aromatic nitrogens is 1. The van der Waals surface area contributed by atoms with Crippen LogP contribution < -0.4 is 16.8 Å². The van der Waals surface area contributed by atoms with Gasteiger partial charge in [-0.15, -0.1) is 0 Å². The number of nitrogens with one attached hydrogen (secondary N) is 1. The maximum Gasteiger partial charge on any atom is 0.267 e. The number of hydrogen-bond donors (Lipinski definition) is 3. The van der Waals surface area contributed by atoms with Crippen LogP contribution in [0.4, 0.5) is 17.1 Å². The molecule has 5 nitrogen and oxygen atoms in total. The van der Waals surface area contributed by atoms with Gasteiger partial charge in [0.05, 0.1) is 0 Å². The van der Waals surface area contributed by atoms with Gasteiger partial charge in [-0.25, -0.2) is 0 Å². The average molecular weight is 228 g/mol. The summed E-state index contributed by atoms with van der Waals surface area (Å²) in [6, 6.07) is 10.6. The Bertz CT molecular complexity index is 554. The molecule has 0 unspecified atom stereocenters. The molecule has 2 aromatic rings. The van der Waals surface area contributed by atoms with E-state index in [0.717, 1.165) is 11.4 Å². The lowest BCUT2D eigenvalue weighted by Gasteiger charge is -2.07. The molecule has 0 spiro atoms. The molecule has 1 amide bonds. The molecule has 0 bridgehead atoms. The van der Waals surface area contributed by atoms with E-state index in [1.54, 1.807) is 24.3 Å². The van der Waals surface area contributed by atoms with Crippen molar-refractivity contribution in [1.82, 2.24) is 4.98 Å². The van der Waals surface area contributed by atoms with Crippen LogP contribution in [-0.2, 0) is 0 Å². The van der Waals surface area contributed by atoms with E-state index in [9.17, 15) is 4.79 Å². The molecule has 0 saturated heterocycles. The van der Waals surface area contributed by atoms with Gasteiger partial charge in [0.2, 0.25) is 0 Å². The van der Waals surface area contributed by atoms with Crippen LogP contribution in [0.15, 0.2) is 42.6 Å². The SMILES string of the molecule is NC(=O)c1cc(Nc2cccc(N)c2)ccn1. The third-order valence-electron chi connectivity index (χ3n) is 2.19. The van der Waals surface area contributed by atoms with Crippen LogP contribution >= 0.6 is 0 Å². The smallest absolute Gasteiger partial charge is 0.267 e. The van der Waals surface area contributed by atoms with Crippen molar-refractivity contribution < 1.29 is 4.79 Å². The second-order valence-corrected chi connectivity index (χ2v) is 3.54. The number of anilines is 3. The summed E-state index contributed by atoms with van der Waals surface area (Å²) >= 11 is 0. The Kier molecular flexibility index (Phi) is 2.91. The minimum atomic E-state index is -0.554. The molecular weight excluding hydrogens is 216 g/mol. The monoisotopic (exact) mass is 228 g/mol. The molecule has 17 heavy (non-hydrogen) atoms. The Labute approximate surface area is 98.5 Å². The van der Waals surface area contributed by atoms with Crippen LogP contribution in [0, 0.1) is 0 Å². The summed E-state index contributed by atoms with van der Waals surface area (Å²) < 4.78 is 0. The van der Waals surface area contributed by atoms with Gasteiger partial charge < -0.3 is 16.8 Å². The number of nitrogen functional groups attached to an aromatic ring is 1. The van der Waals surface area contributed by atoms with Gasteiger partial charge in [0, 0.05) is 23.3 Å². The Morgan fingerprint density at radius 2 is 1.94 bits per heavy atom. The first-order valence-electron chi connectivity index (χ1n) is 5.03. The lowest BCUT2D eigenvalue weighted by atomic mass is 10.2. The predicted octanol–water partition coefficient (Wildman–Crippen LogP) is 1.51. The highest BCUT2D eigenvalue weighted by molar-refractivity contribution is 5.91. The molecular formula is C12H12N4O. The minimum Gasteiger partial charge on any atom is -0.399 e. The molecule has 1 aromatic heterocycles. The topological polar surface area (TPSA) is 94.0 Å². The number of carbonyl (C=O) groups excluding carboxylic acids is 1. The fourth-order valence-corrected chi connectivity index (χ4v) is 1.43. The van der Waals surface area contributed by atoms with E-state index < -0.39 is 5.91 Å². The van der Waals surface area contributed by atoms with Crippen molar-refractivity contribution in [2.24, 2.45) is 5.73 Å². The summed E-state index contributed by atoms with van der Waals surface area (Å²) in [5.41, 5.74) is 13.3. The van der Waals surface area contributed by atoms with Crippen molar-refractivity contribution in [3.8, 4) is 0 Å². The molecule has 2 rings (SSSR count). The quantitative estimate of drug-likeness (QED) is 0.694. The molecule has 0 aliphatic heterocycles. The highest BCUT2D eigenvalue weighted by atomic mass is 16.1. The van der Waals surface area contributed by atoms with Crippen LogP contribution in [0.25, 0.3) is 0 Å². The van der Waals surface area contributed by atoms with Crippen LogP contribution in [0.3, 0.4) is 0 Å². The number of primary amides is 1.